The zero-order valence-corrected chi connectivity index (χ0v) is 20.2. The van der Waals surface area contributed by atoms with Gasteiger partial charge in [0.2, 0.25) is 0 Å². The fourth-order valence-corrected chi connectivity index (χ4v) is 4.75. The molecule has 34 heavy (non-hydrogen) atoms. The van der Waals surface area contributed by atoms with Gasteiger partial charge in [0.05, 0.1) is 17.6 Å². The minimum absolute atomic E-state index is 0.335. The fraction of sp³-hybridized carbons (Fsp3) is 0.217. The van der Waals surface area contributed by atoms with E-state index in [1.807, 2.05) is 43.6 Å². The first-order chi connectivity index (χ1) is 16.1. The van der Waals surface area contributed by atoms with Crippen LogP contribution in [0.4, 0.5) is 0 Å². The monoisotopic (exact) mass is 496 g/mol. The summed E-state index contributed by atoms with van der Waals surface area (Å²) in [4.78, 5) is 4.87. The van der Waals surface area contributed by atoms with Gasteiger partial charge in [0.15, 0.2) is 5.82 Å². The minimum atomic E-state index is -4.42. The Bertz CT molecular complexity index is 1540. The summed E-state index contributed by atoms with van der Waals surface area (Å²) >= 11 is 6.12. The van der Waals surface area contributed by atoms with E-state index < -0.39 is 21.4 Å². The fourth-order valence-electron chi connectivity index (χ4n) is 4.12. The molecule has 1 N–H and O–H groups in total. The van der Waals surface area contributed by atoms with Gasteiger partial charge in [0.25, 0.3) is 10.1 Å². The van der Waals surface area contributed by atoms with E-state index in [2.05, 4.69) is 15.3 Å². The first-order valence-corrected chi connectivity index (χ1v) is 12.4. The largest absolute Gasteiger partial charge is 0.285 e. The Morgan fingerprint density at radius 1 is 1.06 bits per heavy atom. The van der Waals surface area contributed by atoms with Crippen LogP contribution in [0, 0.1) is 6.92 Å². The smallest absolute Gasteiger partial charge is 0.270 e. The maximum atomic E-state index is 12.2. The zero-order chi connectivity index (χ0) is 24.2. The van der Waals surface area contributed by atoms with Crippen LogP contribution < -0.4 is 0 Å². The number of halogens is 1. The van der Waals surface area contributed by atoms with Crippen LogP contribution in [0.2, 0.25) is 5.02 Å². The van der Waals surface area contributed by atoms with Crippen molar-refractivity contribution in [2.75, 3.05) is 0 Å². The van der Waals surface area contributed by atoms with Crippen LogP contribution >= 0.6 is 11.6 Å². The molecule has 2 atom stereocenters. The SMILES string of the molecule is Cc1nnc2n1-c1ccc(-c3cnn(C)c3)cc1C(c1ccc(Cl)cc1)=NC2[C@@H](C)S(=O)(=O)O. The highest BCUT2D eigenvalue weighted by Gasteiger charge is 2.37. The summed E-state index contributed by atoms with van der Waals surface area (Å²) in [6.07, 6.45) is 3.69. The molecule has 0 amide bonds. The topological polar surface area (TPSA) is 115 Å². The summed E-state index contributed by atoms with van der Waals surface area (Å²) in [5.41, 5.74) is 4.66. The molecule has 0 aliphatic carbocycles. The van der Waals surface area contributed by atoms with Crippen molar-refractivity contribution in [2.45, 2.75) is 25.1 Å². The molecule has 2 aromatic carbocycles. The van der Waals surface area contributed by atoms with Crippen LogP contribution in [-0.2, 0) is 17.2 Å². The third kappa shape index (κ3) is 3.83. The summed E-state index contributed by atoms with van der Waals surface area (Å²) in [6.45, 7) is 3.20. The van der Waals surface area contributed by atoms with E-state index in [1.54, 1.807) is 34.5 Å². The molecule has 3 heterocycles. The van der Waals surface area contributed by atoms with Crippen LogP contribution in [0.25, 0.3) is 16.8 Å². The van der Waals surface area contributed by atoms with Gasteiger partial charge in [0.1, 0.15) is 17.1 Å². The van der Waals surface area contributed by atoms with Gasteiger partial charge in [-0.3, -0.25) is 18.8 Å². The molecule has 11 heteroatoms. The van der Waals surface area contributed by atoms with Crippen molar-refractivity contribution in [1.82, 2.24) is 24.5 Å². The van der Waals surface area contributed by atoms with Crippen LogP contribution in [-0.4, -0.2) is 48.5 Å². The number of aromatic nitrogens is 5. The molecule has 2 aromatic heterocycles. The average Bonchev–Trinajstić information content (AvgIpc) is 3.36. The van der Waals surface area contributed by atoms with Gasteiger partial charge in [-0.15, -0.1) is 10.2 Å². The third-order valence-corrected chi connectivity index (χ3v) is 7.39. The van der Waals surface area contributed by atoms with Gasteiger partial charge in [-0.1, -0.05) is 29.8 Å². The normalized spacial score (nSPS) is 16.4. The number of hydrogen-bond donors (Lipinski definition) is 1. The summed E-state index contributed by atoms with van der Waals surface area (Å²) < 4.78 is 37.7. The molecule has 0 saturated heterocycles. The minimum Gasteiger partial charge on any atom is -0.285 e. The predicted octanol–water partition coefficient (Wildman–Crippen LogP) is 3.80. The number of aliphatic imine (C=N–C) groups is 1. The lowest BCUT2D eigenvalue weighted by Gasteiger charge is -2.17. The first kappa shape index (κ1) is 22.5. The van der Waals surface area contributed by atoms with Gasteiger partial charge < -0.3 is 0 Å². The molecular weight excluding hydrogens is 476 g/mol. The van der Waals surface area contributed by atoms with Crippen LogP contribution in [0.5, 0.6) is 0 Å². The Morgan fingerprint density at radius 3 is 2.41 bits per heavy atom. The molecule has 1 unspecified atom stereocenters. The predicted molar refractivity (Wildman–Crippen MR) is 129 cm³/mol. The van der Waals surface area contributed by atoms with Gasteiger partial charge >= 0.3 is 0 Å². The van der Waals surface area contributed by atoms with Crippen molar-refractivity contribution < 1.29 is 13.0 Å². The number of aryl methyl sites for hydroxylation is 2. The molecule has 0 saturated carbocycles. The van der Waals surface area contributed by atoms with E-state index in [4.69, 9.17) is 16.6 Å². The molecule has 1 aliphatic rings. The molecule has 0 bridgehead atoms. The van der Waals surface area contributed by atoms with Gasteiger partial charge in [-0.05, 0) is 43.7 Å². The van der Waals surface area contributed by atoms with Crippen molar-refractivity contribution in [3.63, 3.8) is 0 Å². The standard InChI is InChI=1S/C23H21ClN6O3S/c1-13(34(31,32)33)21-23-28-27-14(2)30(23)20-9-6-16(17-11-25-29(3)12-17)10-19(20)22(26-21)15-4-7-18(24)8-5-15/h4-13,21H,1-3H3,(H,31,32,33)/t13-,21?/m1/s1. The number of nitrogens with zero attached hydrogens (tertiary/aromatic N) is 6. The molecular formula is C23H21ClN6O3S. The second kappa shape index (κ2) is 8.15. The molecule has 0 spiro atoms. The van der Waals surface area contributed by atoms with Crippen molar-refractivity contribution in [2.24, 2.45) is 12.0 Å². The molecule has 9 nitrogen and oxygen atoms in total. The van der Waals surface area contributed by atoms with Crippen molar-refractivity contribution in [3.05, 3.63) is 82.7 Å². The van der Waals surface area contributed by atoms with E-state index in [9.17, 15) is 13.0 Å². The molecule has 0 fully saturated rings. The third-order valence-electron chi connectivity index (χ3n) is 5.95. The summed E-state index contributed by atoms with van der Waals surface area (Å²) in [6, 6.07) is 12.1. The Morgan fingerprint density at radius 2 is 1.76 bits per heavy atom. The van der Waals surface area contributed by atoms with E-state index >= 15 is 0 Å². The van der Waals surface area contributed by atoms with Crippen molar-refractivity contribution >= 4 is 27.4 Å². The van der Waals surface area contributed by atoms with E-state index in [-0.39, 0.29) is 0 Å². The van der Waals surface area contributed by atoms with Crippen LogP contribution in [0.3, 0.4) is 0 Å². The number of rotatable bonds is 4. The second-order valence-corrected chi connectivity index (χ2v) is 10.4. The second-order valence-electron chi connectivity index (χ2n) is 8.22. The lowest BCUT2D eigenvalue weighted by molar-refractivity contribution is 0.455. The Hall–Kier alpha value is -3.34. The zero-order valence-electron chi connectivity index (χ0n) is 18.6. The van der Waals surface area contributed by atoms with Gasteiger partial charge in [-0.2, -0.15) is 13.5 Å². The van der Waals surface area contributed by atoms with Crippen molar-refractivity contribution in [3.8, 4) is 16.8 Å². The highest BCUT2D eigenvalue weighted by atomic mass is 35.5. The maximum absolute atomic E-state index is 12.2. The van der Waals surface area contributed by atoms with E-state index in [0.717, 1.165) is 27.9 Å². The summed E-state index contributed by atoms with van der Waals surface area (Å²) in [7, 11) is -2.57. The van der Waals surface area contributed by atoms with E-state index in [0.29, 0.717) is 22.4 Å². The maximum Gasteiger partial charge on any atom is 0.270 e. The number of fused-ring (bicyclic) bond motifs is 3. The highest BCUT2D eigenvalue weighted by Crippen LogP contribution is 2.36. The molecule has 174 valence electrons. The quantitative estimate of drug-likeness (QED) is 0.430. The lowest BCUT2D eigenvalue weighted by atomic mass is 9.96. The molecule has 4 aromatic rings. The molecule has 0 radical (unpaired) electrons. The highest BCUT2D eigenvalue weighted by molar-refractivity contribution is 7.86. The Balaban J connectivity index is 1.83. The lowest BCUT2D eigenvalue weighted by Crippen LogP contribution is -2.26. The molecule has 5 rings (SSSR count). The van der Waals surface area contributed by atoms with Gasteiger partial charge in [-0.25, -0.2) is 0 Å². The van der Waals surface area contributed by atoms with Gasteiger partial charge in [0, 0.05) is 35.0 Å². The van der Waals surface area contributed by atoms with Crippen LogP contribution in [0.1, 0.15) is 35.7 Å². The summed E-state index contributed by atoms with van der Waals surface area (Å²) in [5.74, 6) is 0.910. The summed E-state index contributed by atoms with van der Waals surface area (Å²) in [5, 5.41) is 12.0. The average molecular weight is 497 g/mol. The van der Waals surface area contributed by atoms with Crippen LogP contribution in [0.15, 0.2) is 59.9 Å². The van der Waals surface area contributed by atoms with E-state index in [1.165, 1.54) is 6.92 Å². The number of benzene rings is 2. The molecule has 1 aliphatic heterocycles. The first-order valence-electron chi connectivity index (χ1n) is 10.5. The number of hydrogen-bond acceptors (Lipinski definition) is 6. The van der Waals surface area contributed by atoms with Crippen molar-refractivity contribution in [1.29, 1.82) is 0 Å². The Labute approximate surface area is 201 Å². The Kier molecular flexibility index (Phi) is 5.38.